The van der Waals surface area contributed by atoms with Crippen molar-refractivity contribution < 1.29 is 9.59 Å². The number of ketones is 1. The number of hydrogen-bond donors (Lipinski definition) is 0. The molecule has 0 heterocycles. The molecule has 0 atom stereocenters. The SMILES string of the molecule is CSN(C(=O)C(C)=O)c1ccccc1. The molecule has 0 aromatic heterocycles. The maximum absolute atomic E-state index is 11.4. The third-order valence-electron chi connectivity index (χ3n) is 1.66. The van der Waals surface area contributed by atoms with E-state index in [2.05, 4.69) is 0 Å². The summed E-state index contributed by atoms with van der Waals surface area (Å²) in [5, 5.41) is 0. The molecule has 4 heteroatoms. The van der Waals surface area contributed by atoms with Crippen LogP contribution in [0, 0.1) is 0 Å². The van der Waals surface area contributed by atoms with Crippen LogP contribution in [0.4, 0.5) is 5.69 Å². The smallest absolute Gasteiger partial charge is 0.289 e. The van der Waals surface area contributed by atoms with Crippen molar-refractivity contribution in [3.05, 3.63) is 30.3 Å². The lowest BCUT2D eigenvalue weighted by atomic mass is 10.3. The van der Waals surface area contributed by atoms with Crippen molar-refractivity contribution in [3.8, 4) is 0 Å². The number of para-hydroxylation sites is 1. The molecule has 0 unspecified atom stereocenters. The Labute approximate surface area is 87.2 Å². The van der Waals surface area contributed by atoms with Gasteiger partial charge in [-0.3, -0.25) is 9.59 Å². The van der Waals surface area contributed by atoms with E-state index in [1.165, 1.54) is 23.2 Å². The third kappa shape index (κ3) is 2.35. The summed E-state index contributed by atoms with van der Waals surface area (Å²) >= 11 is 1.22. The number of anilines is 1. The molecule has 0 aliphatic carbocycles. The second kappa shape index (κ2) is 4.81. The van der Waals surface area contributed by atoms with Crippen molar-refractivity contribution in [2.24, 2.45) is 0 Å². The molecule has 0 aliphatic heterocycles. The number of amides is 1. The topological polar surface area (TPSA) is 37.4 Å². The molecule has 14 heavy (non-hydrogen) atoms. The van der Waals surface area contributed by atoms with Crippen LogP contribution in [-0.4, -0.2) is 17.9 Å². The van der Waals surface area contributed by atoms with E-state index in [4.69, 9.17) is 0 Å². The van der Waals surface area contributed by atoms with E-state index in [0.29, 0.717) is 0 Å². The number of hydrogen-bond acceptors (Lipinski definition) is 3. The first-order valence-electron chi connectivity index (χ1n) is 4.11. The highest BCUT2D eigenvalue weighted by Gasteiger charge is 2.18. The average molecular weight is 209 g/mol. The number of carbonyl (C=O) groups is 2. The van der Waals surface area contributed by atoms with Gasteiger partial charge in [-0.25, -0.2) is 4.31 Å². The molecule has 0 fully saturated rings. The number of nitrogens with zero attached hydrogens (tertiary/aromatic N) is 1. The Balaban J connectivity index is 2.93. The molecule has 0 saturated heterocycles. The third-order valence-corrected chi connectivity index (χ3v) is 2.40. The zero-order valence-corrected chi connectivity index (χ0v) is 8.88. The largest absolute Gasteiger partial charge is 0.304 e. The Bertz CT molecular complexity index is 337. The van der Waals surface area contributed by atoms with Gasteiger partial charge in [-0.15, -0.1) is 0 Å². The summed E-state index contributed by atoms with van der Waals surface area (Å²) < 4.78 is 1.38. The summed E-state index contributed by atoms with van der Waals surface area (Å²) in [6, 6.07) is 9.09. The number of Topliss-reactive ketones (excluding diaryl/α,β-unsaturated/α-hetero) is 1. The van der Waals surface area contributed by atoms with Crippen LogP contribution in [-0.2, 0) is 9.59 Å². The van der Waals surface area contributed by atoms with E-state index in [1.54, 1.807) is 18.4 Å². The lowest BCUT2D eigenvalue weighted by Gasteiger charge is -2.17. The van der Waals surface area contributed by atoms with Crippen molar-refractivity contribution in [1.82, 2.24) is 0 Å². The van der Waals surface area contributed by atoms with Crippen LogP contribution in [0.1, 0.15) is 6.92 Å². The van der Waals surface area contributed by atoms with Gasteiger partial charge < -0.3 is 0 Å². The first-order valence-corrected chi connectivity index (χ1v) is 5.29. The van der Waals surface area contributed by atoms with Gasteiger partial charge >= 0.3 is 5.91 Å². The molecule has 1 amide bonds. The Morgan fingerprint density at radius 3 is 2.21 bits per heavy atom. The Hall–Kier alpha value is -1.29. The van der Waals surface area contributed by atoms with Crippen molar-refractivity contribution >= 4 is 29.3 Å². The lowest BCUT2D eigenvalue weighted by molar-refractivity contribution is -0.134. The van der Waals surface area contributed by atoms with Crippen LogP contribution in [0.2, 0.25) is 0 Å². The fourth-order valence-electron chi connectivity index (χ4n) is 1.01. The van der Waals surface area contributed by atoms with Gasteiger partial charge in [-0.2, -0.15) is 0 Å². The molecule has 1 aromatic rings. The van der Waals surface area contributed by atoms with Crippen molar-refractivity contribution in [2.45, 2.75) is 6.92 Å². The first-order chi connectivity index (χ1) is 6.66. The quantitative estimate of drug-likeness (QED) is 0.563. The summed E-state index contributed by atoms with van der Waals surface area (Å²) in [6.07, 6.45) is 1.76. The highest BCUT2D eigenvalue weighted by atomic mass is 32.2. The van der Waals surface area contributed by atoms with Gasteiger partial charge in [-0.1, -0.05) is 18.2 Å². The zero-order valence-electron chi connectivity index (χ0n) is 8.06. The van der Waals surface area contributed by atoms with E-state index in [-0.39, 0.29) is 0 Å². The van der Waals surface area contributed by atoms with Gasteiger partial charge in [-0.05, 0) is 24.1 Å². The molecule has 0 N–H and O–H groups in total. The maximum Gasteiger partial charge on any atom is 0.304 e. The van der Waals surface area contributed by atoms with Crippen molar-refractivity contribution in [2.75, 3.05) is 10.6 Å². The van der Waals surface area contributed by atoms with Gasteiger partial charge in [0, 0.05) is 13.2 Å². The molecule has 0 spiro atoms. The Kier molecular flexibility index (Phi) is 3.71. The Morgan fingerprint density at radius 1 is 1.21 bits per heavy atom. The minimum atomic E-state index is -0.497. The monoisotopic (exact) mass is 209 g/mol. The second-order valence-corrected chi connectivity index (χ2v) is 3.40. The summed E-state index contributed by atoms with van der Waals surface area (Å²) in [5.41, 5.74) is 0.722. The fourth-order valence-corrected chi connectivity index (χ4v) is 1.64. The average Bonchev–Trinajstić information content (AvgIpc) is 2.20. The van der Waals surface area contributed by atoms with Crippen molar-refractivity contribution in [1.29, 1.82) is 0 Å². The molecular weight excluding hydrogens is 198 g/mol. The minimum Gasteiger partial charge on any atom is -0.289 e. The fraction of sp³-hybridized carbons (Fsp3) is 0.200. The first kappa shape index (κ1) is 10.8. The van der Waals surface area contributed by atoms with Gasteiger partial charge in [0.1, 0.15) is 0 Å². The van der Waals surface area contributed by atoms with E-state index >= 15 is 0 Å². The molecule has 0 aliphatic rings. The molecule has 74 valence electrons. The highest BCUT2D eigenvalue weighted by Crippen LogP contribution is 2.20. The van der Waals surface area contributed by atoms with Crippen LogP contribution < -0.4 is 4.31 Å². The number of benzene rings is 1. The molecule has 0 bridgehead atoms. The van der Waals surface area contributed by atoms with Crippen LogP contribution in [0.3, 0.4) is 0 Å². The number of rotatable bonds is 3. The maximum atomic E-state index is 11.4. The summed E-state index contributed by atoms with van der Waals surface area (Å²) in [6.45, 7) is 1.27. The minimum absolute atomic E-state index is 0.455. The molecule has 1 aromatic carbocycles. The summed E-state index contributed by atoms with van der Waals surface area (Å²) in [5.74, 6) is -0.952. The van der Waals surface area contributed by atoms with Gasteiger partial charge in [0.05, 0.1) is 5.69 Å². The van der Waals surface area contributed by atoms with E-state index in [1.807, 2.05) is 18.2 Å². The van der Waals surface area contributed by atoms with Crippen LogP contribution in [0.25, 0.3) is 0 Å². The lowest BCUT2D eigenvalue weighted by Crippen LogP contribution is -2.29. The highest BCUT2D eigenvalue weighted by molar-refractivity contribution is 8.00. The molecule has 3 nitrogen and oxygen atoms in total. The van der Waals surface area contributed by atoms with Gasteiger partial charge in [0.25, 0.3) is 0 Å². The standard InChI is InChI=1S/C10H11NO2S/c1-8(12)10(13)11(14-2)9-6-4-3-5-7-9/h3-7H,1-2H3. The van der Waals surface area contributed by atoms with E-state index in [0.717, 1.165) is 5.69 Å². The molecule has 0 radical (unpaired) electrons. The predicted octanol–water partition coefficient (Wildman–Crippen LogP) is 1.89. The van der Waals surface area contributed by atoms with Crippen LogP contribution in [0.15, 0.2) is 30.3 Å². The van der Waals surface area contributed by atoms with Crippen molar-refractivity contribution in [3.63, 3.8) is 0 Å². The predicted molar refractivity (Wildman–Crippen MR) is 58.1 cm³/mol. The normalized spacial score (nSPS) is 9.57. The van der Waals surface area contributed by atoms with Crippen LogP contribution in [0.5, 0.6) is 0 Å². The van der Waals surface area contributed by atoms with E-state index < -0.39 is 11.7 Å². The van der Waals surface area contributed by atoms with Gasteiger partial charge in [0.15, 0.2) is 0 Å². The summed E-state index contributed by atoms with van der Waals surface area (Å²) in [4.78, 5) is 22.3. The van der Waals surface area contributed by atoms with Gasteiger partial charge in [0.2, 0.25) is 5.78 Å². The molecule has 1 rings (SSSR count). The Morgan fingerprint density at radius 2 is 1.79 bits per heavy atom. The second-order valence-electron chi connectivity index (χ2n) is 2.67. The summed E-state index contributed by atoms with van der Waals surface area (Å²) in [7, 11) is 0. The van der Waals surface area contributed by atoms with E-state index in [9.17, 15) is 9.59 Å². The zero-order chi connectivity index (χ0) is 10.6. The number of carbonyl (C=O) groups excluding carboxylic acids is 2. The molecular formula is C10H11NO2S. The molecule has 0 saturated carbocycles. The van der Waals surface area contributed by atoms with Crippen LogP contribution >= 0.6 is 11.9 Å².